The molecule has 0 bridgehead atoms. The Balaban J connectivity index is 2.43. The van der Waals surface area contributed by atoms with Gasteiger partial charge in [0.05, 0.1) is 5.69 Å². The lowest BCUT2D eigenvalue weighted by Crippen LogP contribution is -1.93. The van der Waals surface area contributed by atoms with Crippen molar-refractivity contribution >= 4 is 0 Å². The van der Waals surface area contributed by atoms with Gasteiger partial charge in [0, 0.05) is 0 Å². The highest BCUT2D eigenvalue weighted by Gasteiger charge is 1.91. The Hall–Kier alpha value is -0.990. The minimum absolute atomic E-state index is 0.983. The molecule has 3 heteroatoms. The Kier molecular flexibility index (Phi) is 2.80. The van der Waals surface area contributed by atoms with E-state index in [9.17, 15) is 0 Å². The molecule has 1 heterocycles. The second-order valence-corrected chi connectivity index (χ2v) is 2.16. The summed E-state index contributed by atoms with van der Waals surface area (Å²) in [7, 11) is 0. The Morgan fingerprint density at radius 1 is 1.60 bits per heavy atom. The van der Waals surface area contributed by atoms with E-state index in [0.717, 1.165) is 18.5 Å². The topological polar surface area (TPSA) is 38.7 Å². The average Bonchev–Trinajstić information content (AvgIpc) is 2.03. The van der Waals surface area contributed by atoms with Crippen molar-refractivity contribution in [1.29, 1.82) is 0 Å². The predicted octanol–water partition coefficient (Wildman–Crippen LogP) is 1.01. The summed E-state index contributed by atoms with van der Waals surface area (Å²) in [5.74, 6) is 0. The third-order valence-corrected chi connectivity index (χ3v) is 1.29. The molecule has 1 radical (unpaired) electrons. The minimum Gasteiger partial charge on any atom is -0.135 e. The van der Waals surface area contributed by atoms with E-state index in [1.807, 2.05) is 0 Å². The van der Waals surface area contributed by atoms with Gasteiger partial charge in [-0.25, -0.2) is 0 Å². The van der Waals surface area contributed by atoms with Crippen molar-refractivity contribution in [3.63, 3.8) is 0 Å². The van der Waals surface area contributed by atoms with E-state index >= 15 is 0 Å². The van der Waals surface area contributed by atoms with Crippen LogP contribution in [0.25, 0.3) is 0 Å². The normalized spacial score (nSPS) is 9.70. The molecule has 3 nitrogen and oxygen atoms in total. The lowest BCUT2D eigenvalue weighted by molar-refractivity contribution is 0.733. The molecule has 0 aliphatic rings. The quantitative estimate of drug-likeness (QED) is 0.622. The number of aryl methyl sites for hydroxylation is 1. The van der Waals surface area contributed by atoms with Crippen molar-refractivity contribution in [3.8, 4) is 0 Å². The van der Waals surface area contributed by atoms with Gasteiger partial charge in [-0.05, 0) is 24.1 Å². The van der Waals surface area contributed by atoms with Crippen LogP contribution in [0, 0.1) is 6.20 Å². The number of hydrogen-bond donors (Lipinski definition) is 0. The zero-order chi connectivity index (χ0) is 7.23. The molecule has 0 aliphatic carbocycles. The van der Waals surface area contributed by atoms with Gasteiger partial charge in [-0.2, -0.15) is 0 Å². The van der Waals surface area contributed by atoms with E-state index in [1.54, 1.807) is 6.07 Å². The number of unbranched alkanes of at least 4 members (excludes halogenated alkanes) is 1. The molecule has 0 amide bonds. The van der Waals surface area contributed by atoms with Crippen molar-refractivity contribution in [2.45, 2.75) is 26.2 Å². The summed E-state index contributed by atoms with van der Waals surface area (Å²) >= 11 is 0. The van der Waals surface area contributed by atoms with E-state index in [1.165, 1.54) is 6.42 Å². The van der Waals surface area contributed by atoms with Gasteiger partial charge in [0.2, 0.25) is 0 Å². The van der Waals surface area contributed by atoms with E-state index in [-0.39, 0.29) is 0 Å². The van der Waals surface area contributed by atoms with E-state index in [4.69, 9.17) is 0 Å². The molecule has 0 N–H and O–H groups in total. The van der Waals surface area contributed by atoms with Crippen LogP contribution in [0.5, 0.6) is 0 Å². The summed E-state index contributed by atoms with van der Waals surface area (Å²) in [5, 5.41) is 10.8. The van der Waals surface area contributed by atoms with Crippen LogP contribution >= 0.6 is 0 Å². The van der Waals surface area contributed by atoms with Gasteiger partial charge in [0.1, 0.15) is 6.20 Å². The van der Waals surface area contributed by atoms with Crippen LogP contribution in [0.4, 0.5) is 0 Å². The van der Waals surface area contributed by atoms with Crippen molar-refractivity contribution in [3.05, 3.63) is 18.0 Å². The summed E-state index contributed by atoms with van der Waals surface area (Å²) in [6.45, 7) is 2.15. The van der Waals surface area contributed by atoms with E-state index in [0.29, 0.717) is 0 Å². The summed E-state index contributed by atoms with van der Waals surface area (Å²) in [6, 6.07) is 1.78. The summed E-state index contributed by atoms with van der Waals surface area (Å²) in [4.78, 5) is 0. The highest BCUT2D eigenvalue weighted by atomic mass is 15.3. The summed E-state index contributed by atoms with van der Waals surface area (Å²) < 4.78 is 0. The third kappa shape index (κ3) is 2.09. The fraction of sp³-hybridized carbons (Fsp3) is 0.571. The lowest BCUT2D eigenvalue weighted by Gasteiger charge is -1.93. The maximum absolute atomic E-state index is 3.82. The van der Waals surface area contributed by atoms with Gasteiger partial charge in [-0.15, -0.1) is 10.2 Å². The molecule has 0 saturated carbocycles. The molecule has 0 aliphatic heterocycles. The first-order chi connectivity index (χ1) is 4.93. The van der Waals surface area contributed by atoms with Crippen molar-refractivity contribution in [2.24, 2.45) is 0 Å². The maximum atomic E-state index is 3.82. The smallest absolute Gasteiger partial charge is 0.117 e. The van der Waals surface area contributed by atoms with Crippen LogP contribution in [0.1, 0.15) is 25.5 Å². The molecule has 0 saturated heterocycles. The molecule has 10 heavy (non-hydrogen) atoms. The number of rotatable bonds is 3. The molecule has 0 spiro atoms. The van der Waals surface area contributed by atoms with Crippen LogP contribution in [-0.4, -0.2) is 15.4 Å². The fourth-order valence-electron chi connectivity index (χ4n) is 0.718. The third-order valence-electron chi connectivity index (χ3n) is 1.29. The SMILES string of the molecule is CCCCc1c[c]nnn1. The average molecular weight is 136 g/mol. The maximum Gasteiger partial charge on any atom is 0.117 e. The number of hydrogen-bond acceptors (Lipinski definition) is 3. The number of aromatic nitrogens is 3. The monoisotopic (exact) mass is 136 g/mol. The van der Waals surface area contributed by atoms with Crippen molar-refractivity contribution in [2.75, 3.05) is 0 Å². The fourth-order valence-corrected chi connectivity index (χ4v) is 0.718. The molecule has 1 rings (SSSR count). The predicted molar refractivity (Wildman–Crippen MR) is 37.3 cm³/mol. The van der Waals surface area contributed by atoms with Crippen LogP contribution in [-0.2, 0) is 6.42 Å². The van der Waals surface area contributed by atoms with E-state index < -0.39 is 0 Å². The molecule has 0 unspecified atom stereocenters. The molecule has 1 aromatic heterocycles. The van der Waals surface area contributed by atoms with Gasteiger partial charge < -0.3 is 0 Å². The van der Waals surface area contributed by atoms with Crippen LogP contribution < -0.4 is 0 Å². The van der Waals surface area contributed by atoms with Gasteiger partial charge in [-0.3, -0.25) is 0 Å². The Morgan fingerprint density at radius 2 is 2.50 bits per heavy atom. The Morgan fingerprint density at radius 3 is 3.10 bits per heavy atom. The second-order valence-electron chi connectivity index (χ2n) is 2.16. The molecule has 0 fully saturated rings. The molecule has 1 aromatic rings. The molecule has 0 aromatic carbocycles. The number of nitrogens with zero attached hydrogens (tertiary/aromatic N) is 3. The first-order valence-corrected chi connectivity index (χ1v) is 3.49. The largest absolute Gasteiger partial charge is 0.135 e. The summed E-state index contributed by atoms with van der Waals surface area (Å²) in [6.07, 6.45) is 5.98. The first kappa shape index (κ1) is 7.12. The molecular weight excluding hydrogens is 126 g/mol. The van der Waals surface area contributed by atoms with Crippen LogP contribution in [0.2, 0.25) is 0 Å². The summed E-state index contributed by atoms with van der Waals surface area (Å²) in [5.41, 5.74) is 0.983. The highest BCUT2D eigenvalue weighted by molar-refractivity contribution is 4.93. The van der Waals surface area contributed by atoms with Gasteiger partial charge in [0.15, 0.2) is 0 Å². The lowest BCUT2D eigenvalue weighted by atomic mass is 10.2. The van der Waals surface area contributed by atoms with Crippen molar-refractivity contribution < 1.29 is 0 Å². The molecule has 0 atom stereocenters. The zero-order valence-electron chi connectivity index (χ0n) is 6.04. The zero-order valence-corrected chi connectivity index (χ0v) is 6.04. The van der Waals surface area contributed by atoms with E-state index in [2.05, 4.69) is 28.5 Å². The van der Waals surface area contributed by atoms with Crippen molar-refractivity contribution in [1.82, 2.24) is 15.4 Å². The molecular formula is C7H10N3. The van der Waals surface area contributed by atoms with Crippen LogP contribution in [0.3, 0.4) is 0 Å². The minimum atomic E-state index is 0.983. The second kappa shape index (κ2) is 3.93. The molecule has 53 valence electrons. The Bertz CT molecular complexity index is 173. The first-order valence-electron chi connectivity index (χ1n) is 3.49. The van der Waals surface area contributed by atoms with Gasteiger partial charge in [0.25, 0.3) is 0 Å². The van der Waals surface area contributed by atoms with Crippen LogP contribution in [0.15, 0.2) is 6.07 Å². The Labute approximate surface area is 60.5 Å². The highest BCUT2D eigenvalue weighted by Crippen LogP contribution is 1.97. The van der Waals surface area contributed by atoms with Gasteiger partial charge >= 0.3 is 0 Å². The standard InChI is InChI=1S/C7H10N3/c1-2-3-4-7-5-6-8-10-9-7/h5H,2-4H2,1H3. The van der Waals surface area contributed by atoms with Gasteiger partial charge in [-0.1, -0.05) is 13.3 Å².